The highest BCUT2D eigenvalue weighted by Crippen LogP contribution is 2.30. The Labute approximate surface area is 210 Å². The van der Waals surface area contributed by atoms with Gasteiger partial charge in [-0.15, -0.1) is 0 Å². The third-order valence-corrected chi connectivity index (χ3v) is 7.63. The molecule has 7 nitrogen and oxygen atoms in total. The van der Waals surface area contributed by atoms with Crippen molar-refractivity contribution in [2.24, 2.45) is 0 Å². The first kappa shape index (κ1) is 24.9. The Morgan fingerprint density at radius 3 is 2.40 bits per heavy atom. The number of benzene rings is 3. The second kappa shape index (κ2) is 10.6. The van der Waals surface area contributed by atoms with Gasteiger partial charge in [-0.05, 0) is 59.9 Å². The number of carbonyl (C=O) groups is 2. The van der Waals surface area contributed by atoms with Gasteiger partial charge in [-0.3, -0.25) is 9.59 Å². The summed E-state index contributed by atoms with van der Waals surface area (Å²) in [6.45, 7) is 2.24. The quantitative estimate of drug-likeness (QED) is 0.484. The molecule has 0 aromatic heterocycles. The van der Waals surface area contributed by atoms with Crippen molar-refractivity contribution in [2.75, 3.05) is 11.4 Å². The molecule has 9 heteroatoms. The number of carbonyl (C=O) groups excluding carboxylic acids is 2. The third kappa shape index (κ3) is 6.08. The van der Waals surface area contributed by atoms with Gasteiger partial charge < -0.3 is 10.2 Å². The molecule has 3 aromatic rings. The van der Waals surface area contributed by atoms with E-state index in [0.29, 0.717) is 18.0 Å². The summed E-state index contributed by atoms with van der Waals surface area (Å²) in [6.07, 6.45) is 0.767. The van der Waals surface area contributed by atoms with E-state index in [4.69, 9.17) is 11.6 Å². The Hall–Kier alpha value is -3.20. The smallest absolute Gasteiger partial charge is 0.241 e. The fourth-order valence-corrected chi connectivity index (χ4v) is 5.45. The molecule has 35 heavy (non-hydrogen) atoms. The number of nitrogens with one attached hydrogen (secondary N) is 2. The van der Waals surface area contributed by atoms with E-state index in [2.05, 4.69) is 10.0 Å². The molecule has 0 saturated heterocycles. The van der Waals surface area contributed by atoms with Crippen molar-refractivity contribution < 1.29 is 18.0 Å². The highest BCUT2D eigenvalue weighted by Gasteiger charge is 2.28. The molecule has 2 amide bonds. The van der Waals surface area contributed by atoms with Crippen LogP contribution < -0.4 is 14.9 Å². The molecule has 1 aliphatic rings. The van der Waals surface area contributed by atoms with Gasteiger partial charge in [0.1, 0.15) is 6.04 Å². The van der Waals surface area contributed by atoms with Crippen LogP contribution in [-0.4, -0.2) is 32.8 Å². The van der Waals surface area contributed by atoms with E-state index >= 15 is 0 Å². The fraction of sp³-hybridized carbons (Fsp3) is 0.231. The van der Waals surface area contributed by atoms with E-state index in [-0.39, 0.29) is 23.8 Å². The van der Waals surface area contributed by atoms with Crippen LogP contribution >= 0.6 is 11.6 Å². The summed E-state index contributed by atoms with van der Waals surface area (Å²) in [6, 6.07) is 20.0. The molecular formula is C26H26ClN3O4S. The molecular weight excluding hydrogens is 486 g/mol. The van der Waals surface area contributed by atoms with E-state index in [1.807, 2.05) is 30.3 Å². The number of hydrogen-bond acceptors (Lipinski definition) is 4. The number of sulfonamides is 1. The zero-order valence-corrected chi connectivity index (χ0v) is 20.8. The Balaban J connectivity index is 1.54. The summed E-state index contributed by atoms with van der Waals surface area (Å²) in [5.74, 6) is -0.519. The third-order valence-electron chi connectivity index (χ3n) is 5.91. The lowest BCUT2D eigenvalue weighted by Gasteiger charge is -2.20. The minimum atomic E-state index is -4.00. The lowest BCUT2D eigenvalue weighted by Crippen LogP contribution is -2.47. The van der Waals surface area contributed by atoms with Crippen LogP contribution in [0.25, 0.3) is 0 Å². The lowest BCUT2D eigenvalue weighted by molar-refractivity contribution is -0.123. The van der Waals surface area contributed by atoms with Crippen molar-refractivity contribution in [3.63, 3.8) is 0 Å². The first-order valence-corrected chi connectivity index (χ1v) is 13.1. The highest BCUT2D eigenvalue weighted by atomic mass is 35.5. The number of amides is 2. The maximum Gasteiger partial charge on any atom is 0.241 e. The minimum absolute atomic E-state index is 0.0604. The predicted octanol–water partition coefficient (Wildman–Crippen LogP) is 3.46. The maximum atomic E-state index is 13.3. The number of fused-ring (bicyclic) bond motifs is 1. The van der Waals surface area contributed by atoms with Crippen LogP contribution in [0.1, 0.15) is 23.6 Å². The van der Waals surface area contributed by atoms with Gasteiger partial charge in [-0.2, -0.15) is 4.72 Å². The molecule has 1 heterocycles. The molecule has 2 N–H and O–H groups in total. The Morgan fingerprint density at radius 2 is 1.71 bits per heavy atom. The van der Waals surface area contributed by atoms with Crippen molar-refractivity contribution in [3.8, 4) is 0 Å². The molecule has 4 rings (SSSR count). The van der Waals surface area contributed by atoms with Gasteiger partial charge in [0, 0.05) is 30.7 Å². The van der Waals surface area contributed by atoms with Gasteiger partial charge in [0.2, 0.25) is 21.8 Å². The van der Waals surface area contributed by atoms with Crippen molar-refractivity contribution in [2.45, 2.75) is 37.2 Å². The van der Waals surface area contributed by atoms with Gasteiger partial charge in [0.25, 0.3) is 0 Å². The van der Waals surface area contributed by atoms with Gasteiger partial charge in [-0.1, -0.05) is 54.1 Å². The second-order valence-corrected chi connectivity index (χ2v) is 10.6. The zero-order valence-electron chi connectivity index (χ0n) is 19.2. The first-order valence-electron chi connectivity index (χ1n) is 11.2. The van der Waals surface area contributed by atoms with Crippen molar-refractivity contribution in [1.82, 2.24) is 10.0 Å². The Morgan fingerprint density at radius 1 is 1.00 bits per heavy atom. The van der Waals surface area contributed by atoms with E-state index in [9.17, 15) is 18.0 Å². The van der Waals surface area contributed by atoms with E-state index in [1.54, 1.807) is 41.3 Å². The van der Waals surface area contributed by atoms with Crippen LogP contribution in [0.2, 0.25) is 5.02 Å². The molecule has 182 valence electrons. The summed E-state index contributed by atoms with van der Waals surface area (Å²) >= 11 is 5.92. The van der Waals surface area contributed by atoms with Gasteiger partial charge in [0.15, 0.2) is 0 Å². The normalized spacial score (nSPS) is 13.8. The Bertz CT molecular complexity index is 1330. The molecule has 0 fully saturated rings. The lowest BCUT2D eigenvalue weighted by atomic mass is 10.1. The van der Waals surface area contributed by atoms with Gasteiger partial charge in [-0.25, -0.2) is 8.42 Å². The summed E-state index contributed by atoms with van der Waals surface area (Å²) in [7, 11) is -4.00. The molecule has 1 aliphatic heterocycles. The number of hydrogen-bond donors (Lipinski definition) is 2. The van der Waals surface area contributed by atoms with E-state index < -0.39 is 22.0 Å². The monoisotopic (exact) mass is 511 g/mol. The van der Waals surface area contributed by atoms with Crippen molar-refractivity contribution in [1.29, 1.82) is 0 Å². The highest BCUT2D eigenvalue weighted by molar-refractivity contribution is 7.89. The average molecular weight is 512 g/mol. The number of halogens is 1. The molecule has 0 saturated carbocycles. The van der Waals surface area contributed by atoms with Crippen LogP contribution in [0.15, 0.2) is 77.7 Å². The molecule has 0 bridgehead atoms. The second-order valence-electron chi connectivity index (χ2n) is 8.42. The van der Waals surface area contributed by atoms with Gasteiger partial charge >= 0.3 is 0 Å². The summed E-state index contributed by atoms with van der Waals surface area (Å²) < 4.78 is 29.1. The molecule has 0 radical (unpaired) electrons. The number of anilines is 1. The molecule has 0 spiro atoms. The fourth-order valence-electron chi connectivity index (χ4n) is 4.08. The van der Waals surface area contributed by atoms with E-state index in [1.165, 1.54) is 13.0 Å². The standard InChI is InChI=1S/C26H26ClN3O4S/c1-18(31)30-14-13-21-16-23(11-12-25(21)30)35(33,34)29-24(15-19-5-3-2-4-6-19)26(32)28-17-20-7-9-22(27)10-8-20/h2-12,16,24,29H,13-15,17H2,1H3,(H,28,32)/t24-/m0/s1. The minimum Gasteiger partial charge on any atom is -0.351 e. The van der Waals surface area contributed by atoms with Crippen LogP contribution in [0.5, 0.6) is 0 Å². The Kier molecular flexibility index (Phi) is 7.54. The van der Waals surface area contributed by atoms with Gasteiger partial charge in [0.05, 0.1) is 4.90 Å². The topological polar surface area (TPSA) is 95.6 Å². The van der Waals surface area contributed by atoms with Crippen LogP contribution in [0, 0.1) is 0 Å². The van der Waals surface area contributed by atoms with Crippen molar-refractivity contribution >= 4 is 39.1 Å². The van der Waals surface area contributed by atoms with Crippen LogP contribution in [0.3, 0.4) is 0 Å². The molecule has 0 aliphatic carbocycles. The predicted molar refractivity (Wildman–Crippen MR) is 136 cm³/mol. The van der Waals surface area contributed by atoms with Crippen LogP contribution in [-0.2, 0) is 39.0 Å². The SMILES string of the molecule is CC(=O)N1CCc2cc(S(=O)(=O)N[C@@H](Cc3ccccc3)C(=O)NCc3ccc(Cl)cc3)ccc21. The largest absolute Gasteiger partial charge is 0.351 e. The molecule has 3 aromatic carbocycles. The maximum absolute atomic E-state index is 13.3. The summed E-state index contributed by atoms with van der Waals surface area (Å²) in [4.78, 5) is 26.6. The number of rotatable bonds is 8. The average Bonchev–Trinajstić information content (AvgIpc) is 3.27. The number of nitrogens with zero attached hydrogens (tertiary/aromatic N) is 1. The van der Waals surface area contributed by atoms with Crippen molar-refractivity contribution in [3.05, 3.63) is 94.5 Å². The molecule has 1 atom stereocenters. The van der Waals surface area contributed by atoms with E-state index in [0.717, 1.165) is 22.4 Å². The first-order chi connectivity index (χ1) is 16.7. The summed E-state index contributed by atoms with van der Waals surface area (Å²) in [5.41, 5.74) is 3.18. The van der Waals surface area contributed by atoms with Crippen LogP contribution in [0.4, 0.5) is 5.69 Å². The molecule has 0 unspecified atom stereocenters. The summed E-state index contributed by atoms with van der Waals surface area (Å²) in [5, 5.41) is 3.41. The zero-order chi connectivity index (χ0) is 25.0.